The average molecular weight is 409 g/mol. The molecule has 0 radical (unpaired) electrons. The van der Waals surface area contributed by atoms with Crippen LogP contribution in [0.3, 0.4) is 0 Å². The largest absolute Gasteiger partial charge is 0.497 e. The Bertz CT molecular complexity index is 825. The molecule has 0 amide bonds. The van der Waals surface area contributed by atoms with E-state index in [2.05, 4.69) is 31.5 Å². The number of nitrogens with zero attached hydrogens (tertiary/aromatic N) is 4. The van der Waals surface area contributed by atoms with Crippen molar-refractivity contribution in [3.05, 3.63) is 63.9 Å². The van der Waals surface area contributed by atoms with Crippen LogP contribution in [0.1, 0.15) is 11.1 Å². The molecule has 0 bridgehead atoms. The molecule has 0 spiro atoms. The Hall–Kier alpha value is -1.93. The van der Waals surface area contributed by atoms with Gasteiger partial charge in [0.05, 0.1) is 13.7 Å². The van der Waals surface area contributed by atoms with Crippen molar-refractivity contribution in [3.8, 4) is 5.75 Å². The molecular formula is C16H14BrFN4OS. The summed E-state index contributed by atoms with van der Waals surface area (Å²) < 4.78 is 21.4. The lowest BCUT2D eigenvalue weighted by Crippen LogP contribution is -2.04. The second-order valence-corrected chi connectivity index (χ2v) is 6.85. The molecule has 0 aliphatic carbocycles. The molecule has 0 aliphatic rings. The summed E-state index contributed by atoms with van der Waals surface area (Å²) in [4.78, 5) is 0. The maximum Gasteiger partial charge on any atom is 0.209 e. The molecule has 0 unspecified atom stereocenters. The number of thioether (sulfide) groups is 1. The first-order valence-electron chi connectivity index (χ1n) is 7.11. The summed E-state index contributed by atoms with van der Waals surface area (Å²) in [5, 5.41) is 12.4. The molecule has 0 aliphatic heterocycles. The van der Waals surface area contributed by atoms with Gasteiger partial charge in [0.2, 0.25) is 5.16 Å². The molecule has 0 atom stereocenters. The Balaban J connectivity index is 1.68. The normalized spacial score (nSPS) is 10.8. The Kier molecular flexibility index (Phi) is 5.47. The highest BCUT2D eigenvalue weighted by Crippen LogP contribution is 2.24. The number of aromatic nitrogens is 4. The lowest BCUT2D eigenvalue weighted by Gasteiger charge is -2.06. The zero-order valence-corrected chi connectivity index (χ0v) is 15.2. The molecule has 24 heavy (non-hydrogen) atoms. The first kappa shape index (κ1) is 16.9. The van der Waals surface area contributed by atoms with E-state index in [0.717, 1.165) is 15.8 Å². The van der Waals surface area contributed by atoms with Crippen LogP contribution >= 0.6 is 27.7 Å². The predicted molar refractivity (Wildman–Crippen MR) is 93.6 cm³/mol. The van der Waals surface area contributed by atoms with Crippen LogP contribution in [0.2, 0.25) is 0 Å². The number of methoxy groups -OCH3 is 1. The van der Waals surface area contributed by atoms with Gasteiger partial charge in [-0.1, -0.05) is 45.9 Å². The summed E-state index contributed by atoms with van der Waals surface area (Å²) in [6.07, 6.45) is 0. The Morgan fingerprint density at radius 3 is 2.71 bits per heavy atom. The van der Waals surface area contributed by atoms with E-state index in [-0.39, 0.29) is 5.82 Å². The number of benzene rings is 2. The maximum atomic E-state index is 13.9. The van der Waals surface area contributed by atoms with Gasteiger partial charge in [0.15, 0.2) is 0 Å². The van der Waals surface area contributed by atoms with Gasteiger partial charge in [0, 0.05) is 10.2 Å². The van der Waals surface area contributed by atoms with E-state index in [4.69, 9.17) is 4.74 Å². The zero-order valence-electron chi connectivity index (χ0n) is 12.8. The van der Waals surface area contributed by atoms with Crippen molar-refractivity contribution in [2.24, 2.45) is 0 Å². The van der Waals surface area contributed by atoms with Gasteiger partial charge in [-0.3, -0.25) is 0 Å². The van der Waals surface area contributed by atoms with Crippen LogP contribution < -0.4 is 4.74 Å². The van der Waals surface area contributed by atoms with E-state index >= 15 is 0 Å². The van der Waals surface area contributed by atoms with E-state index in [9.17, 15) is 4.39 Å². The zero-order chi connectivity index (χ0) is 16.9. The molecule has 2 aromatic carbocycles. The van der Waals surface area contributed by atoms with Gasteiger partial charge >= 0.3 is 0 Å². The quantitative estimate of drug-likeness (QED) is 0.578. The fraction of sp³-hybridized carbons (Fsp3) is 0.188. The van der Waals surface area contributed by atoms with Crippen LogP contribution in [0.4, 0.5) is 4.39 Å². The highest BCUT2D eigenvalue weighted by Gasteiger charge is 2.10. The van der Waals surface area contributed by atoms with Gasteiger partial charge in [0.1, 0.15) is 11.6 Å². The Morgan fingerprint density at radius 2 is 2.00 bits per heavy atom. The Morgan fingerprint density at radius 1 is 1.21 bits per heavy atom. The van der Waals surface area contributed by atoms with Crippen LogP contribution in [0.15, 0.2) is 52.1 Å². The van der Waals surface area contributed by atoms with E-state index in [1.165, 1.54) is 17.8 Å². The first-order chi connectivity index (χ1) is 11.7. The molecule has 8 heteroatoms. The maximum absolute atomic E-state index is 13.9. The SMILES string of the molecule is COc1ccc(Cn2nnnc2SCc2ccc(Br)cc2F)cc1. The van der Waals surface area contributed by atoms with Gasteiger partial charge in [-0.15, -0.1) is 5.10 Å². The molecule has 5 nitrogen and oxygen atoms in total. The van der Waals surface area contributed by atoms with Crippen molar-refractivity contribution in [1.29, 1.82) is 0 Å². The van der Waals surface area contributed by atoms with Crippen LogP contribution in [0, 0.1) is 5.82 Å². The standard InChI is InChI=1S/C16H14BrFN4OS/c1-23-14-6-2-11(3-7-14)9-22-16(19-20-21-22)24-10-12-4-5-13(17)8-15(12)18/h2-8H,9-10H2,1H3. The second kappa shape index (κ2) is 7.76. The molecule has 3 rings (SSSR count). The average Bonchev–Trinajstić information content (AvgIpc) is 3.02. The third kappa shape index (κ3) is 4.12. The molecule has 0 saturated carbocycles. The van der Waals surface area contributed by atoms with Gasteiger partial charge in [-0.05, 0) is 45.8 Å². The van der Waals surface area contributed by atoms with Crippen molar-refractivity contribution >= 4 is 27.7 Å². The van der Waals surface area contributed by atoms with E-state index < -0.39 is 0 Å². The van der Waals surface area contributed by atoms with Crippen molar-refractivity contribution in [2.45, 2.75) is 17.5 Å². The second-order valence-electron chi connectivity index (χ2n) is 4.99. The lowest BCUT2D eigenvalue weighted by atomic mass is 10.2. The number of tetrazole rings is 1. The van der Waals surface area contributed by atoms with Crippen molar-refractivity contribution < 1.29 is 9.13 Å². The van der Waals surface area contributed by atoms with Crippen LogP contribution in [-0.2, 0) is 12.3 Å². The highest BCUT2D eigenvalue weighted by atomic mass is 79.9. The minimum atomic E-state index is -0.244. The van der Waals surface area contributed by atoms with Gasteiger partial charge < -0.3 is 4.74 Å². The summed E-state index contributed by atoms with van der Waals surface area (Å²) in [6.45, 7) is 0.544. The smallest absolute Gasteiger partial charge is 0.209 e. The molecular weight excluding hydrogens is 395 g/mol. The van der Waals surface area contributed by atoms with Crippen molar-refractivity contribution in [1.82, 2.24) is 20.2 Å². The first-order valence-corrected chi connectivity index (χ1v) is 8.89. The minimum Gasteiger partial charge on any atom is -0.497 e. The predicted octanol–water partition coefficient (Wildman–Crippen LogP) is 3.92. The third-order valence-corrected chi connectivity index (χ3v) is 4.86. The van der Waals surface area contributed by atoms with Gasteiger partial charge in [-0.2, -0.15) is 0 Å². The molecule has 1 aromatic heterocycles. The molecule has 0 saturated heterocycles. The van der Waals surface area contributed by atoms with Crippen molar-refractivity contribution in [2.75, 3.05) is 7.11 Å². The fourth-order valence-corrected chi connectivity index (χ4v) is 3.28. The van der Waals surface area contributed by atoms with Gasteiger partial charge in [-0.25, -0.2) is 9.07 Å². The highest BCUT2D eigenvalue weighted by molar-refractivity contribution is 9.10. The number of hydrogen-bond acceptors (Lipinski definition) is 5. The van der Waals surface area contributed by atoms with Crippen LogP contribution in [-0.4, -0.2) is 27.3 Å². The van der Waals surface area contributed by atoms with E-state index in [1.54, 1.807) is 17.9 Å². The Labute approximate surface area is 151 Å². The summed E-state index contributed by atoms with van der Waals surface area (Å²) in [5.41, 5.74) is 1.67. The summed E-state index contributed by atoms with van der Waals surface area (Å²) >= 11 is 4.65. The van der Waals surface area contributed by atoms with Crippen molar-refractivity contribution in [3.63, 3.8) is 0 Å². The molecule has 124 valence electrons. The number of rotatable bonds is 6. The summed E-state index contributed by atoms with van der Waals surface area (Å²) in [5.74, 6) is 1.02. The molecule has 0 fully saturated rings. The number of halogens is 2. The molecule has 3 aromatic rings. The number of ether oxygens (including phenoxy) is 1. The molecule has 1 heterocycles. The number of hydrogen-bond donors (Lipinski definition) is 0. The summed E-state index contributed by atoms with van der Waals surface area (Å²) in [6, 6.07) is 12.7. The topological polar surface area (TPSA) is 52.8 Å². The minimum absolute atomic E-state index is 0.244. The van der Waals surface area contributed by atoms with E-state index in [0.29, 0.717) is 23.0 Å². The van der Waals surface area contributed by atoms with Crippen LogP contribution in [0.5, 0.6) is 5.75 Å². The third-order valence-electron chi connectivity index (χ3n) is 3.36. The lowest BCUT2D eigenvalue weighted by molar-refractivity contribution is 0.414. The fourth-order valence-electron chi connectivity index (χ4n) is 2.08. The molecule has 0 N–H and O–H groups in total. The summed E-state index contributed by atoms with van der Waals surface area (Å²) in [7, 11) is 1.63. The van der Waals surface area contributed by atoms with Gasteiger partial charge in [0.25, 0.3) is 0 Å². The monoisotopic (exact) mass is 408 g/mol. The van der Waals surface area contributed by atoms with Crippen LogP contribution in [0.25, 0.3) is 0 Å². The van der Waals surface area contributed by atoms with E-state index in [1.807, 2.05) is 30.3 Å².